The normalized spacial score (nSPS) is 11.2. The van der Waals surface area contributed by atoms with Gasteiger partial charge in [0, 0.05) is 4.88 Å². The number of hydrogen-bond acceptors (Lipinski definition) is 3. The molecule has 1 nitrogen and oxygen atoms in total. The standard InChI is InChI=1S/C11H5ClF3NS2/c1-6-4-7(10(12)17-6)2-3-8-5-9(16-18-8)11(13,14)15/h4-5H,1H3. The molecule has 0 N–H and O–H groups in total. The first kappa shape index (κ1) is 13.4. The highest BCUT2D eigenvalue weighted by Gasteiger charge is 2.33. The molecule has 0 aliphatic heterocycles. The maximum absolute atomic E-state index is 12.3. The summed E-state index contributed by atoms with van der Waals surface area (Å²) in [5.41, 5.74) is -0.287. The molecule has 0 aliphatic carbocycles. The molecule has 7 heteroatoms. The molecule has 0 saturated carbocycles. The van der Waals surface area contributed by atoms with E-state index in [0.717, 1.165) is 22.5 Å². The Morgan fingerprint density at radius 3 is 2.50 bits per heavy atom. The van der Waals surface area contributed by atoms with Crippen LogP contribution in [0.4, 0.5) is 13.2 Å². The third-order valence-electron chi connectivity index (χ3n) is 1.93. The third-order valence-corrected chi connectivity index (χ3v) is 3.91. The van der Waals surface area contributed by atoms with E-state index in [2.05, 4.69) is 16.2 Å². The van der Waals surface area contributed by atoms with Crippen LogP contribution < -0.4 is 0 Å². The molecule has 0 aliphatic rings. The third kappa shape index (κ3) is 3.05. The Morgan fingerprint density at radius 2 is 2.00 bits per heavy atom. The summed E-state index contributed by atoms with van der Waals surface area (Å²) < 4.78 is 40.8. The van der Waals surface area contributed by atoms with Gasteiger partial charge in [-0.1, -0.05) is 17.5 Å². The maximum Gasteiger partial charge on any atom is 0.434 e. The molecule has 0 aromatic carbocycles. The van der Waals surface area contributed by atoms with Gasteiger partial charge in [-0.05, 0) is 36.5 Å². The van der Waals surface area contributed by atoms with Gasteiger partial charge in [-0.25, -0.2) is 0 Å². The van der Waals surface area contributed by atoms with Gasteiger partial charge < -0.3 is 0 Å². The van der Waals surface area contributed by atoms with Gasteiger partial charge in [0.15, 0.2) is 5.69 Å². The van der Waals surface area contributed by atoms with Crippen LogP contribution in [-0.2, 0) is 6.18 Å². The molecule has 0 atom stereocenters. The summed E-state index contributed by atoms with van der Waals surface area (Å²) in [5, 5.41) is 0. The van der Waals surface area contributed by atoms with Crippen molar-refractivity contribution in [3.05, 3.63) is 37.5 Å². The largest absolute Gasteiger partial charge is 0.434 e. The topological polar surface area (TPSA) is 12.9 Å². The molecule has 2 heterocycles. The van der Waals surface area contributed by atoms with Gasteiger partial charge in [-0.15, -0.1) is 11.3 Å². The van der Waals surface area contributed by atoms with Crippen molar-refractivity contribution >= 4 is 34.5 Å². The molecule has 0 spiro atoms. The second-order valence-corrected chi connectivity index (χ2v) is 6.03. The fourth-order valence-electron chi connectivity index (χ4n) is 1.17. The molecule has 0 amide bonds. The van der Waals surface area contributed by atoms with Gasteiger partial charge >= 0.3 is 6.18 Å². The molecular weight excluding hydrogens is 303 g/mol. The lowest BCUT2D eigenvalue weighted by atomic mass is 10.3. The minimum atomic E-state index is -4.42. The Morgan fingerprint density at radius 1 is 1.28 bits per heavy atom. The highest BCUT2D eigenvalue weighted by Crippen LogP contribution is 2.30. The summed E-state index contributed by atoms with van der Waals surface area (Å²) >= 11 is 8.02. The molecule has 94 valence electrons. The molecule has 0 radical (unpaired) electrons. The van der Waals surface area contributed by atoms with Gasteiger partial charge in [0.2, 0.25) is 0 Å². The van der Waals surface area contributed by atoms with Crippen molar-refractivity contribution in [2.45, 2.75) is 13.1 Å². The van der Waals surface area contributed by atoms with Crippen LogP contribution in [0.3, 0.4) is 0 Å². The molecular formula is C11H5ClF3NS2. The predicted molar refractivity (Wildman–Crippen MR) is 67.2 cm³/mol. The predicted octanol–water partition coefficient (Wildman–Crippen LogP) is 4.59. The highest BCUT2D eigenvalue weighted by molar-refractivity contribution is 7.16. The number of aromatic nitrogens is 1. The van der Waals surface area contributed by atoms with Crippen LogP contribution in [0.2, 0.25) is 4.34 Å². The van der Waals surface area contributed by atoms with Gasteiger partial charge in [0.05, 0.1) is 10.4 Å². The lowest BCUT2D eigenvalue weighted by Gasteiger charge is -1.98. The zero-order valence-electron chi connectivity index (χ0n) is 8.93. The summed E-state index contributed by atoms with van der Waals surface area (Å²) in [6.07, 6.45) is -4.42. The van der Waals surface area contributed by atoms with E-state index in [9.17, 15) is 13.2 Å². The number of hydrogen-bond donors (Lipinski definition) is 0. The molecule has 2 rings (SSSR count). The summed E-state index contributed by atoms with van der Waals surface area (Å²) in [6.45, 7) is 1.89. The van der Waals surface area contributed by atoms with Crippen molar-refractivity contribution < 1.29 is 13.2 Å². The number of nitrogens with zero attached hydrogens (tertiary/aromatic N) is 1. The van der Waals surface area contributed by atoms with Crippen molar-refractivity contribution in [3.63, 3.8) is 0 Å². The number of alkyl halides is 3. The van der Waals surface area contributed by atoms with E-state index in [1.165, 1.54) is 11.3 Å². The van der Waals surface area contributed by atoms with Gasteiger partial charge in [-0.2, -0.15) is 17.5 Å². The van der Waals surface area contributed by atoms with Crippen LogP contribution in [0.1, 0.15) is 21.0 Å². The Balaban J connectivity index is 2.26. The van der Waals surface area contributed by atoms with E-state index in [4.69, 9.17) is 11.6 Å². The van der Waals surface area contributed by atoms with Crippen LogP contribution in [0.25, 0.3) is 0 Å². The molecule has 2 aromatic rings. The molecule has 18 heavy (non-hydrogen) atoms. The quantitative estimate of drug-likeness (QED) is 0.649. The number of rotatable bonds is 0. The Bertz CT molecular complexity index is 631. The second kappa shape index (κ2) is 4.92. The van der Waals surface area contributed by atoms with E-state index < -0.39 is 11.9 Å². The van der Waals surface area contributed by atoms with E-state index in [1.807, 2.05) is 6.92 Å². The zero-order chi connectivity index (χ0) is 13.3. The summed E-state index contributed by atoms with van der Waals surface area (Å²) in [7, 11) is 0. The second-order valence-electron chi connectivity index (χ2n) is 3.37. The van der Waals surface area contributed by atoms with Gasteiger partial charge in [-0.3, -0.25) is 0 Å². The molecule has 0 unspecified atom stereocenters. The SMILES string of the molecule is Cc1cc(C#Cc2cc(C(F)(F)F)ns2)c(Cl)s1. The number of halogens is 4. The van der Waals surface area contributed by atoms with Gasteiger partial charge in [0.25, 0.3) is 0 Å². The van der Waals surface area contributed by atoms with Crippen molar-refractivity contribution in [1.82, 2.24) is 4.37 Å². The van der Waals surface area contributed by atoms with Gasteiger partial charge in [0.1, 0.15) is 4.34 Å². The fourth-order valence-corrected chi connectivity index (χ4v) is 2.93. The average molecular weight is 308 g/mol. The van der Waals surface area contributed by atoms with Crippen molar-refractivity contribution in [3.8, 4) is 11.8 Å². The molecule has 2 aromatic heterocycles. The lowest BCUT2D eigenvalue weighted by Crippen LogP contribution is -2.04. The molecule has 0 fully saturated rings. The van der Waals surface area contributed by atoms with Crippen LogP contribution in [0.15, 0.2) is 12.1 Å². The summed E-state index contributed by atoms with van der Waals surface area (Å²) in [4.78, 5) is 1.27. The summed E-state index contributed by atoms with van der Waals surface area (Å²) in [6, 6.07) is 2.73. The zero-order valence-corrected chi connectivity index (χ0v) is 11.3. The Kier molecular flexibility index (Phi) is 3.66. The highest BCUT2D eigenvalue weighted by atomic mass is 35.5. The average Bonchev–Trinajstić information content (AvgIpc) is 2.81. The van der Waals surface area contributed by atoms with E-state index in [-0.39, 0.29) is 4.88 Å². The van der Waals surface area contributed by atoms with Crippen molar-refractivity contribution in [1.29, 1.82) is 0 Å². The van der Waals surface area contributed by atoms with Crippen LogP contribution in [0, 0.1) is 18.8 Å². The van der Waals surface area contributed by atoms with E-state index in [1.54, 1.807) is 6.07 Å². The minimum absolute atomic E-state index is 0.266. The van der Waals surface area contributed by atoms with E-state index in [0.29, 0.717) is 9.90 Å². The first-order valence-corrected chi connectivity index (χ1v) is 6.65. The smallest absolute Gasteiger partial charge is 0.187 e. The van der Waals surface area contributed by atoms with E-state index >= 15 is 0 Å². The van der Waals surface area contributed by atoms with Crippen LogP contribution in [0.5, 0.6) is 0 Å². The lowest BCUT2D eigenvalue weighted by molar-refractivity contribution is -0.140. The van der Waals surface area contributed by atoms with Crippen LogP contribution >= 0.6 is 34.5 Å². The Hall–Kier alpha value is -1.03. The maximum atomic E-state index is 12.3. The Labute approximate surface area is 114 Å². The minimum Gasteiger partial charge on any atom is -0.187 e. The number of thiophene rings is 1. The number of aryl methyl sites for hydroxylation is 1. The van der Waals surface area contributed by atoms with Crippen molar-refractivity contribution in [2.24, 2.45) is 0 Å². The summed E-state index contributed by atoms with van der Waals surface area (Å²) in [5.74, 6) is 5.38. The molecule has 0 bridgehead atoms. The first-order chi connectivity index (χ1) is 8.36. The fraction of sp³-hybridized carbons (Fsp3) is 0.182. The first-order valence-electron chi connectivity index (χ1n) is 4.68. The van der Waals surface area contributed by atoms with Crippen LogP contribution in [-0.4, -0.2) is 4.37 Å². The van der Waals surface area contributed by atoms with Crippen molar-refractivity contribution in [2.75, 3.05) is 0 Å². The monoisotopic (exact) mass is 307 g/mol. The molecule has 0 saturated heterocycles.